The van der Waals surface area contributed by atoms with Gasteiger partial charge in [-0.15, -0.1) is 0 Å². The van der Waals surface area contributed by atoms with Crippen molar-refractivity contribution >= 4 is 16.9 Å². The van der Waals surface area contributed by atoms with Crippen molar-refractivity contribution in [1.82, 2.24) is 19.7 Å². The van der Waals surface area contributed by atoms with E-state index in [-0.39, 0.29) is 24.5 Å². The Bertz CT molecular complexity index is 779. The summed E-state index contributed by atoms with van der Waals surface area (Å²) in [4.78, 5) is 19.7. The van der Waals surface area contributed by atoms with Gasteiger partial charge in [0.25, 0.3) is 5.91 Å². The Balaban J connectivity index is 1.77. The minimum absolute atomic E-state index is 0.0450. The molecule has 2 aromatic heterocycles. The summed E-state index contributed by atoms with van der Waals surface area (Å²) in [6.45, 7) is 5.65. The van der Waals surface area contributed by atoms with Crippen molar-refractivity contribution in [2.24, 2.45) is 5.92 Å². The van der Waals surface area contributed by atoms with E-state index >= 15 is 0 Å². The van der Waals surface area contributed by atoms with Crippen LogP contribution < -0.4 is 0 Å². The van der Waals surface area contributed by atoms with Gasteiger partial charge < -0.3 is 10.0 Å². The third-order valence-electron chi connectivity index (χ3n) is 5.13. The standard InChI is InChI=1S/C18H24N4O2/c1-11(2)22-17-15(8-19-22)14(7-16(20-17)13-3-4-13)18(24)21-6-5-12(9-21)10-23/h7-8,11-13,23H,3-6,9-10H2,1-2H3. The van der Waals surface area contributed by atoms with Crippen molar-refractivity contribution in [2.75, 3.05) is 19.7 Å². The summed E-state index contributed by atoms with van der Waals surface area (Å²) in [5.41, 5.74) is 2.55. The number of carbonyl (C=O) groups excluding carboxylic acids is 1. The molecule has 3 heterocycles. The van der Waals surface area contributed by atoms with Crippen LogP contribution in [0.15, 0.2) is 12.3 Å². The molecule has 1 N–H and O–H groups in total. The number of aliphatic hydroxyl groups is 1. The lowest BCUT2D eigenvalue weighted by atomic mass is 10.1. The Morgan fingerprint density at radius 3 is 2.79 bits per heavy atom. The summed E-state index contributed by atoms with van der Waals surface area (Å²) >= 11 is 0. The lowest BCUT2D eigenvalue weighted by molar-refractivity contribution is 0.0783. The largest absolute Gasteiger partial charge is 0.396 e. The number of hydrogen-bond acceptors (Lipinski definition) is 4. The Morgan fingerprint density at radius 1 is 1.38 bits per heavy atom. The lowest BCUT2D eigenvalue weighted by Gasteiger charge is -2.17. The highest BCUT2D eigenvalue weighted by Gasteiger charge is 2.31. The highest BCUT2D eigenvalue weighted by Crippen LogP contribution is 2.40. The van der Waals surface area contributed by atoms with E-state index in [1.807, 2.05) is 15.6 Å². The second-order valence-corrected chi connectivity index (χ2v) is 7.38. The summed E-state index contributed by atoms with van der Waals surface area (Å²) in [7, 11) is 0. The van der Waals surface area contributed by atoms with E-state index in [2.05, 4.69) is 18.9 Å². The number of carbonyl (C=O) groups is 1. The van der Waals surface area contributed by atoms with Gasteiger partial charge in [0.15, 0.2) is 5.65 Å². The van der Waals surface area contributed by atoms with Gasteiger partial charge in [0.1, 0.15) is 0 Å². The molecule has 1 unspecified atom stereocenters. The van der Waals surface area contributed by atoms with Crippen LogP contribution in [0.2, 0.25) is 0 Å². The van der Waals surface area contributed by atoms with E-state index in [9.17, 15) is 9.90 Å². The minimum Gasteiger partial charge on any atom is -0.396 e. The van der Waals surface area contributed by atoms with Gasteiger partial charge >= 0.3 is 0 Å². The van der Waals surface area contributed by atoms with E-state index in [1.54, 1.807) is 6.20 Å². The van der Waals surface area contributed by atoms with Crippen molar-refractivity contribution in [3.63, 3.8) is 0 Å². The molecule has 0 aromatic carbocycles. The molecule has 2 fully saturated rings. The lowest BCUT2D eigenvalue weighted by Crippen LogP contribution is -2.29. The zero-order valence-electron chi connectivity index (χ0n) is 14.3. The third kappa shape index (κ3) is 2.59. The Hall–Kier alpha value is -1.95. The molecule has 2 aliphatic rings. The number of hydrogen-bond donors (Lipinski definition) is 1. The van der Waals surface area contributed by atoms with Gasteiger partial charge in [-0.05, 0) is 39.2 Å². The normalized spacial score (nSPS) is 21.2. The van der Waals surface area contributed by atoms with E-state index in [4.69, 9.17) is 4.98 Å². The van der Waals surface area contributed by atoms with Gasteiger partial charge in [-0.25, -0.2) is 9.67 Å². The molecule has 1 aliphatic heterocycles. The first-order valence-electron chi connectivity index (χ1n) is 8.86. The molecule has 0 spiro atoms. The maximum atomic E-state index is 13.1. The molecular formula is C18H24N4O2. The fourth-order valence-corrected chi connectivity index (χ4v) is 3.52. The zero-order chi connectivity index (χ0) is 16.8. The quantitative estimate of drug-likeness (QED) is 0.935. The van der Waals surface area contributed by atoms with Gasteiger partial charge in [0.05, 0.1) is 17.1 Å². The summed E-state index contributed by atoms with van der Waals surface area (Å²) in [5, 5.41) is 14.6. The Labute approximate surface area is 141 Å². The average Bonchev–Trinajstić information content (AvgIpc) is 3.16. The van der Waals surface area contributed by atoms with Crippen LogP contribution in [0, 0.1) is 5.92 Å². The first-order chi connectivity index (χ1) is 11.6. The second-order valence-electron chi connectivity index (χ2n) is 7.38. The van der Waals surface area contributed by atoms with Gasteiger partial charge in [0, 0.05) is 43.3 Å². The molecule has 6 nitrogen and oxygen atoms in total. The van der Waals surface area contributed by atoms with Crippen LogP contribution in [0.1, 0.15) is 61.1 Å². The fraction of sp³-hybridized carbons (Fsp3) is 0.611. The number of likely N-dealkylation sites (tertiary alicyclic amines) is 1. The molecule has 0 bridgehead atoms. The van der Waals surface area contributed by atoms with E-state index < -0.39 is 0 Å². The van der Waals surface area contributed by atoms with Crippen molar-refractivity contribution in [1.29, 1.82) is 0 Å². The Kier molecular flexibility index (Phi) is 3.79. The fourth-order valence-electron chi connectivity index (χ4n) is 3.52. The third-order valence-corrected chi connectivity index (χ3v) is 5.13. The molecule has 1 atom stereocenters. The average molecular weight is 328 g/mol. The molecular weight excluding hydrogens is 304 g/mol. The Morgan fingerprint density at radius 2 is 2.17 bits per heavy atom. The summed E-state index contributed by atoms with van der Waals surface area (Å²) in [5.74, 6) is 0.733. The monoisotopic (exact) mass is 328 g/mol. The van der Waals surface area contributed by atoms with Gasteiger partial charge in [-0.1, -0.05) is 0 Å². The number of nitrogens with zero attached hydrogens (tertiary/aromatic N) is 4. The molecule has 6 heteroatoms. The number of aliphatic hydroxyl groups excluding tert-OH is 1. The molecule has 1 saturated carbocycles. The van der Waals surface area contributed by atoms with E-state index in [1.165, 1.54) is 0 Å². The summed E-state index contributed by atoms with van der Waals surface area (Å²) < 4.78 is 1.90. The van der Waals surface area contributed by atoms with E-state index in [0.717, 1.165) is 36.0 Å². The molecule has 0 radical (unpaired) electrons. The predicted octanol–water partition coefficient (Wildman–Crippen LogP) is 2.34. The van der Waals surface area contributed by atoms with Gasteiger partial charge in [-0.2, -0.15) is 5.10 Å². The van der Waals surface area contributed by atoms with Crippen LogP contribution in [0.4, 0.5) is 0 Å². The molecule has 1 aliphatic carbocycles. The summed E-state index contributed by atoms with van der Waals surface area (Å²) in [6.07, 6.45) is 4.94. The maximum absolute atomic E-state index is 13.1. The van der Waals surface area contributed by atoms with Gasteiger partial charge in [-0.3, -0.25) is 4.79 Å². The van der Waals surface area contributed by atoms with Crippen molar-refractivity contribution < 1.29 is 9.90 Å². The predicted molar refractivity (Wildman–Crippen MR) is 91.0 cm³/mol. The molecule has 128 valence electrons. The van der Waals surface area contributed by atoms with Crippen LogP contribution in [0.3, 0.4) is 0 Å². The molecule has 1 amide bonds. The van der Waals surface area contributed by atoms with Crippen LogP contribution in [0.25, 0.3) is 11.0 Å². The molecule has 1 saturated heterocycles. The summed E-state index contributed by atoms with van der Waals surface area (Å²) in [6, 6.07) is 2.18. The number of aromatic nitrogens is 3. The number of rotatable bonds is 4. The molecule has 2 aromatic rings. The highest BCUT2D eigenvalue weighted by atomic mass is 16.3. The van der Waals surface area contributed by atoms with Crippen LogP contribution >= 0.6 is 0 Å². The topological polar surface area (TPSA) is 71.2 Å². The molecule has 24 heavy (non-hydrogen) atoms. The van der Waals surface area contributed by atoms with Crippen LogP contribution in [0.5, 0.6) is 0 Å². The second kappa shape index (κ2) is 5.84. The SMILES string of the molecule is CC(C)n1ncc2c(C(=O)N3CCC(CO)C3)cc(C3CC3)nc21. The zero-order valence-corrected chi connectivity index (χ0v) is 14.3. The van der Waals surface area contributed by atoms with Crippen molar-refractivity contribution in [2.45, 2.75) is 45.1 Å². The number of amides is 1. The van der Waals surface area contributed by atoms with Crippen molar-refractivity contribution in [3.05, 3.63) is 23.5 Å². The smallest absolute Gasteiger partial charge is 0.254 e. The van der Waals surface area contributed by atoms with Crippen molar-refractivity contribution in [3.8, 4) is 0 Å². The maximum Gasteiger partial charge on any atom is 0.254 e. The van der Waals surface area contributed by atoms with Crippen LogP contribution in [-0.4, -0.2) is 50.4 Å². The first kappa shape index (κ1) is 15.6. The molecule has 4 rings (SSSR count). The van der Waals surface area contributed by atoms with E-state index in [0.29, 0.717) is 24.6 Å². The van der Waals surface area contributed by atoms with Crippen LogP contribution in [-0.2, 0) is 0 Å². The first-order valence-corrected chi connectivity index (χ1v) is 8.86. The minimum atomic E-state index is 0.0450. The highest BCUT2D eigenvalue weighted by molar-refractivity contribution is 6.05. The number of pyridine rings is 1. The number of fused-ring (bicyclic) bond motifs is 1. The van der Waals surface area contributed by atoms with Gasteiger partial charge in [0.2, 0.25) is 0 Å².